The van der Waals surface area contributed by atoms with Crippen molar-refractivity contribution < 1.29 is 28.6 Å². The van der Waals surface area contributed by atoms with Crippen molar-refractivity contribution >= 4 is 62.4 Å². The van der Waals surface area contributed by atoms with Crippen LogP contribution in [0.1, 0.15) is 16.4 Å². The lowest BCUT2D eigenvalue weighted by Crippen LogP contribution is -2.43. The fourth-order valence-electron chi connectivity index (χ4n) is 5.26. The van der Waals surface area contributed by atoms with Crippen molar-refractivity contribution in [1.82, 2.24) is 9.88 Å². The summed E-state index contributed by atoms with van der Waals surface area (Å²) in [5.74, 6) is -1.31. The van der Waals surface area contributed by atoms with Gasteiger partial charge in [-0.15, -0.1) is 0 Å². The molecule has 2 unspecified atom stereocenters. The van der Waals surface area contributed by atoms with Crippen molar-refractivity contribution in [3.8, 4) is 11.5 Å². The fraction of sp³-hybridized carbons (Fsp3) is 0.333. The van der Waals surface area contributed by atoms with Gasteiger partial charge in [-0.3, -0.25) is 19.2 Å². The number of aromatic amines is 1. The summed E-state index contributed by atoms with van der Waals surface area (Å²) in [6, 6.07) is 12.3. The average Bonchev–Trinajstić information content (AvgIpc) is 3.46. The second kappa shape index (κ2) is 11.0. The van der Waals surface area contributed by atoms with E-state index >= 15 is 0 Å². The molecule has 3 atom stereocenters. The van der Waals surface area contributed by atoms with Gasteiger partial charge in [-0.1, -0.05) is 45.1 Å². The smallest absolute Gasteiger partial charge is 0.305 e. The molecule has 1 N–H and O–H groups in total. The standard InChI is InChI=1S/C27H24BrN3O7S2/c1-36-18-12-14(2-7-17(18)38-13-19(32)30-8-10-37-11-9-30)20-21-23(39-24-22(20)40-27(35)29-24)26(34)31(25(21)33)16-5-3-15(28)4-6-16/h2-7,12,20-21,23H,8-11,13H2,1H3,(H,29,35)/t20-,21?,23?/m1/s1. The molecule has 3 aromatic rings. The third-order valence-corrected chi connectivity index (χ3v) is 10.1. The van der Waals surface area contributed by atoms with Gasteiger partial charge >= 0.3 is 4.87 Å². The summed E-state index contributed by atoms with van der Waals surface area (Å²) in [5, 5.41) is -0.109. The van der Waals surface area contributed by atoms with Crippen LogP contribution < -0.4 is 19.2 Å². The number of nitrogens with one attached hydrogen (secondary N) is 1. The molecular formula is C27H24BrN3O7S2. The number of rotatable bonds is 6. The van der Waals surface area contributed by atoms with Crippen molar-refractivity contribution in [2.24, 2.45) is 5.92 Å². The Hall–Kier alpha value is -3.13. The first-order chi connectivity index (χ1) is 19.4. The number of nitrogens with zero attached hydrogens (tertiary/aromatic N) is 2. The highest BCUT2D eigenvalue weighted by Gasteiger charge is 2.56. The van der Waals surface area contributed by atoms with Crippen LogP contribution in [0.25, 0.3) is 0 Å². The number of halogens is 1. The lowest BCUT2D eigenvalue weighted by Gasteiger charge is -2.30. The van der Waals surface area contributed by atoms with E-state index in [1.54, 1.807) is 47.4 Å². The number of amides is 3. The summed E-state index contributed by atoms with van der Waals surface area (Å²) >= 11 is 5.66. The van der Waals surface area contributed by atoms with Gasteiger partial charge in [0.1, 0.15) is 5.25 Å². The van der Waals surface area contributed by atoms with Gasteiger partial charge in [0, 0.05) is 28.4 Å². The summed E-state index contributed by atoms with van der Waals surface area (Å²) in [5.41, 5.74) is 1.20. The number of carbonyl (C=O) groups is 3. The molecular weight excluding hydrogens is 622 g/mol. The maximum absolute atomic E-state index is 13.9. The molecule has 40 heavy (non-hydrogen) atoms. The highest BCUT2D eigenvalue weighted by Crippen LogP contribution is 2.53. The molecule has 2 fully saturated rings. The minimum Gasteiger partial charge on any atom is -0.493 e. The zero-order valence-corrected chi connectivity index (χ0v) is 24.5. The molecule has 3 aliphatic rings. The SMILES string of the molecule is COc1cc([C@H]2c3sc(=O)[nH]c3SC3C(=O)N(c4ccc(Br)cc4)C(=O)C32)ccc1OCC(=O)N1CCOCC1. The second-order valence-electron chi connectivity index (χ2n) is 9.43. The maximum atomic E-state index is 13.9. The number of anilines is 1. The van der Waals surface area contributed by atoms with Crippen LogP contribution in [0.2, 0.25) is 0 Å². The lowest BCUT2D eigenvalue weighted by molar-refractivity contribution is -0.137. The second-order valence-corrected chi connectivity index (χ2v) is 12.5. The van der Waals surface area contributed by atoms with Crippen LogP contribution in [-0.2, 0) is 19.1 Å². The van der Waals surface area contributed by atoms with Gasteiger partial charge in [-0.25, -0.2) is 4.90 Å². The zero-order valence-electron chi connectivity index (χ0n) is 21.3. The van der Waals surface area contributed by atoms with Gasteiger partial charge in [0.2, 0.25) is 11.8 Å². The Morgan fingerprint density at radius 2 is 1.82 bits per heavy atom. The van der Waals surface area contributed by atoms with Crippen molar-refractivity contribution in [2.75, 3.05) is 44.9 Å². The van der Waals surface area contributed by atoms with Crippen molar-refractivity contribution in [3.05, 3.63) is 67.0 Å². The van der Waals surface area contributed by atoms with E-state index in [9.17, 15) is 19.2 Å². The zero-order chi connectivity index (χ0) is 28.0. The molecule has 2 aromatic carbocycles. The number of hydrogen-bond donors (Lipinski definition) is 1. The summed E-state index contributed by atoms with van der Waals surface area (Å²) in [7, 11) is 1.49. The number of thiazole rings is 1. The Bertz CT molecular complexity index is 1530. The van der Waals surface area contributed by atoms with Crippen LogP contribution in [0.3, 0.4) is 0 Å². The molecule has 10 nitrogen and oxygen atoms in total. The first-order valence-corrected chi connectivity index (χ1v) is 15.0. The molecule has 0 spiro atoms. The number of fused-ring (bicyclic) bond motifs is 2. The van der Waals surface area contributed by atoms with Gasteiger partial charge in [0.15, 0.2) is 18.1 Å². The average molecular weight is 647 g/mol. The van der Waals surface area contributed by atoms with E-state index in [0.717, 1.165) is 15.8 Å². The number of hydrogen-bond acceptors (Lipinski definition) is 9. The van der Waals surface area contributed by atoms with Crippen molar-refractivity contribution in [3.63, 3.8) is 0 Å². The molecule has 0 radical (unpaired) electrons. The molecule has 208 valence electrons. The van der Waals surface area contributed by atoms with E-state index in [4.69, 9.17) is 14.2 Å². The number of H-pyrrole nitrogens is 1. The van der Waals surface area contributed by atoms with Gasteiger partial charge in [-0.05, 0) is 42.0 Å². The van der Waals surface area contributed by atoms with Crippen LogP contribution >= 0.6 is 39.0 Å². The summed E-state index contributed by atoms with van der Waals surface area (Å²) in [6.45, 7) is 1.89. The predicted octanol–water partition coefficient (Wildman–Crippen LogP) is 3.24. The van der Waals surface area contributed by atoms with E-state index in [1.165, 1.54) is 23.8 Å². The van der Waals surface area contributed by atoms with Gasteiger partial charge in [-0.2, -0.15) is 0 Å². The molecule has 3 amide bonds. The predicted molar refractivity (Wildman–Crippen MR) is 152 cm³/mol. The monoisotopic (exact) mass is 645 g/mol. The maximum Gasteiger partial charge on any atom is 0.305 e. The number of methoxy groups -OCH3 is 1. The quantitative estimate of drug-likeness (QED) is 0.406. The highest BCUT2D eigenvalue weighted by atomic mass is 79.9. The Kier molecular flexibility index (Phi) is 7.46. The Labute approximate surface area is 245 Å². The van der Waals surface area contributed by atoms with E-state index in [1.807, 2.05) is 0 Å². The normalized spacial score (nSPS) is 22.2. The third kappa shape index (κ3) is 4.84. The molecule has 0 saturated carbocycles. The molecule has 13 heteroatoms. The van der Waals surface area contributed by atoms with Crippen LogP contribution in [-0.4, -0.2) is 72.9 Å². The van der Waals surface area contributed by atoms with Crippen molar-refractivity contribution in [1.29, 1.82) is 0 Å². The third-order valence-electron chi connectivity index (χ3n) is 7.17. The van der Waals surface area contributed by atoms with Crippen LogP contribution in [0, 0.1) is 5.92 Å². The molecule has 4 heterocycles. The molecule has 3 aliphatic heterocycles. The number of aromatic nitrogens is 1. The van der Waals surface area contributed by atoms with Crippen LogP contribution in [0.4, 0.5) is 5.69 Å². The first-order valence-electron chi connectivity index (χ1n) is 12.5. The molecule has 0 bridgehead atoms. The number of ether oxygens (including phenoxy) is 3. The molecule has 6 rings (SSSR count). The Morgan fingerprint density at radius 3 is 2.55 bits per heavy atom. The summed E-state index contributed by atoms with van der Waals surface area (Å²) in [6.07, 6.45) is 0. The minimum absolute atomic E-state index is 0.147. The highest BCUT2D eigenvalue weighted by molar-refractivity contribution is 9.10. The number of carbonyl (C=O) groups excluding carboxylic acids is 3. The molecule has 1 aromatic heterocycles. The number of benzene rings is 2. The van der Waals surface area contributed by atoms with Crippen LogP contribution in [0.5, 0.6) is 11.5 Å². The number of thioether (sulfide) groups is 1. The van der Waals surface area contributed by atoms with E-state index in [-0.39, 0.29) is 29.2 Å². The largest absolute Gasteiger partial charge is 0.493 e. The van der Waals surface area contributed by atoms with Crippen molar-refractivity contribution in [2.45, 2.75) is 16.2 Å². The lowest BCUT2D eigenvalue weighted by atomic mass is 9.83. The van der Waals surface area contributed by atoms with E-state index in [0.29, 0.717) is 59.0 Å². The van der Waals surface area contributed by atoms with E-state index < -0.39 is 17.1 Å². The minimum atomic E-state index is -0.723. The molecule has 2 saturated heterocycles. The van der Waals surface area contributed by atoms with E-state index in [2.05, 4.69) is 20.9 Å². The summed E-state index contributed by atoms with van der Waals surface area (Å²) < 4.78 is 17.6. The molecule has 0 aliphatic carbocycles. The Balaban J connectivity index is 1.32. The first kappa shape index (κ1) is 27.1. The number of morpholine rings is 1. The van der Waals surface area contributed by atoms with Crippen LogP contribution in [0.15, 0.2) is 56.8 Å². The number of imide groups is 1. The van der Waals surface area contributed by atoms with Gasteiger partial charge in [0.25, 0.3) is 5.91 Å². The van der Waals surface area contributed by atoms with Gasteiger partial charge in [0.05, 0.1) is 37.0 Å². The van der Waals surface area contributed by atoms with Gasteiger partial charge < -0.3 is 24.1 Å². The fourth-order valence-corrected chi connectivity index (χ4v) is 8.04. The Morgan fingerprint density at radius 1 is 1.07 bits per heavy atom. The summed E-state index contributed by atoms with van der Waals surface area (Å²) in [4.78, 5) is 58.6. The topological polar surface area (TPSA) is 118 Å².